The number of hydrogen-bond acceptors (Lipinski definition) is 4. The summed E-state index contributed by atoms with van der Waals surface area (Å²) in [7, 11) is 0. The fraction of sp³-hybridized carbons (Fsp3) is 0.733. The molecule has 112 valence electrons. The largest absolute Gasteiger partial charge is 0.478 e. The zero-order valence-electron chi connectivity index (χ0n) is 12.4. The number of nitrogens with zero attached hydrogens (tertiary/aromatic N) is 3. The van der Waals surface area contributed by atoms with E-state index in [-0.39, 0.29) is 0 Å². The SMILES string of the molecule is CCOc1ncnc(N(CCBr)C2CCCCC2)c1C. The smallest absolute Gasteiger partial charge is 0.221 e. The molecule has 2 rings (SSSR count). The summed E-state index contributed by atoms with van der Waals surface area (Å²) in [5, 5.41) is 0.955. The molecule has 20 heavy (non-hydrogen) atoms. The van der Waals surface area contributed by atoms with Crippen molar-refractivity contribution in [1.29, 1.82) is 0 Å². The molecule has 1 aromatic rings. The fourth-order valence-electron chi connectivity index (χ4n) is 2.94. The third-order valence-electron chi connectivity index (χ3n) is 3.91. The highest BCUT2D eigenvalue weighted by Crippen LogP contribution is 2.30. The van der Waals surface area contributed by atoms with Gasteiger partial charge in [0.15, 0.2) is 0 Å². The number of ether oxygens (including phenoxy) is 1. The van der Waals surface area contributed by atoms with Gasteiger partial charge in [-0.3, -0.25) is 0 Å². The molecule has 1 heterocycles. The first-order valence-corrected chi connectivity index (χ1v) is 8.67. The first-order valence-electron chi connectivity index (χ1n) is 7.55. The third kappa shape index (κ3) is 3.62. The van der Waals surface area contributed by atoms with E-state index in [1.54, 1.807) is 6.33 Å². The average molecular weight is 342 g/mol. The van der Waals surface area contributed by atoms with Crippen LogP contribution in [0.5, 0.6) is 5.88 Å². The maximum absolute atomic E-state index is 5.60. The molecule has 0 saturated heterocycles. The van der Waals surface area contributed by atoms with Crippen molar-refractivity contribution in [1.82, 2.24) is 9.97 Å². The Labute approximate surface area is 130 Å². The number of rotatable bonds is 6. The quantitative estimate of drug-likeness (QED) is 0.739. The first kappa shape index (κ1) is 15.5. The van der Waals surface area contributed by atoms with E-state index >= 15 is 0 Å². The summed E-state index contributed by atoms with van der Waals surface area (Å²) in [4.78, 5) is 11.2. The molecular weight excluding hydrogens is 318 g/mol. The Morgan fingerprint density at radius 1 is 1.30 bits per heavy atom. The highest BCUT2D eigenvalue weighted by Gasteiger charge is 2.24. The number of halogens is 1. The summed E-state index contributed by atoms with van der Waals surface area (Å²) < 4.78 is 5.60. The molecule has 0 spiro atoms. The van der Waals surface area contributed by atoms with E-state index in [0.29, 0.717) is 18.5 Å². The Balaban J connectivity index is 2.25. The van der Waals surface area contributed by atoms with E-state index in [1.807, 2.05) is 6.92 Å². The van der Waals surface area contributed by atoms with Crippen molar-refractivity contribution < 1.29 is 4.74 Å². The van der Waals surface area contributed by atoms with Crippen LogP contribution in [0.4, 0.5) is 5.82 Å². The Morgan fingerprint density at radius 2 is 2.05 bits per heavy atom. The molecule has 1 fully saturated rings. The van der Waals surface area contributed by atoms with Crippen LogP contribution in [-0.2, 0) is 0 Å². The Kier molecular flexibility index (Phi) is 6.07. The van der Waals surface area contributed by atoms with Gasteiger partial charge in [0.25, 0.3) is 0 Å². The van der Waals surface area contributed by atoms with Crippen LogP contribution in [-0.4, -0.2) is 34.5 Å². The highest BCUT2D eigenvalue weighted by molar-refractivity contribution is 9.09. The van der Waals surface area contributed by atoms with E-state index in [4.69, 9.17) is 4.74 Å². The normalized spacial score (nSPS) is 16.1. The predicted molar refractivity (Wildman–Crippen MR) is 86.0 cm³/mol. The molecule has 0 aromatic carbocycles. The molecule has 0 atom stereocenters. The Morgan fingerprint density at radius 3 is 2.70 bits per heavy atom. The molecule has 1 aliphatic rings. The lowest BCUT2D eigenvalue weighted by molar-refractivity contribution is 0.323. The van der Waals surface area contributed by atoms with Crippen LogP contribution in [0.25, 0.3) is 0 Å². The summed E-state index contributed by atoms with van der Waals surface area (Å²) in [5.41, 5.74) is 1.06. The van der Waals surface area contributed by atoms with Crippen molar-refractivity contribution in [2.75, 3.05) is 23.4 Å². The lowest BCUT2D eigenvalue weighted by Crippen LogP contribution is -2.39. The number of anilines is 1. The maximum Gasteiger partial charge on any atom is 0.221 e. The topological polar surface area (TPSA) is 38.3 Å². The summed E-state index contributed by atoms with van der Waals surface area (Å²) in [6.45, 7) is 5.66. The molecule has 0 aliphatic heterocycles. The third-order valence-corrected chi connectivity index (χ3v) is 4.26. The molecule has 1 aromatic heterocycles. The second-order valence-corrected chi connectivity index (χ2v) is 6.03. The van der Waals surface area contributed by atoms with Crippen molar-refractivity contribution >= 4 is 21.7 Å². The van der Waals surface area contributed by atoms with Gasteiger partial charge in [0.05, 0.1) is 12.2 Å². The zero-order valence-corrected chi connectivity index (χ0v) is 14.0. The minimum absolute atomic E-state index is 0.601. The van der Waals surface area contributed by atoms with E-state index < -0.39 is 0 Å². The molecule has 0 bridgehead atoms. The molecule has 5 heteroatoms. The Hall–Kier alpha value is -0.840. The van der Waals surface area contributed by atoms with Crippen LogP contribution < -0.4 is 9.64 Å². The highest BCUT2D eigenvalue weighted by atomic mass is 79.9. The van der Waals surface area contributed by atoms with Crippen LogP contribution in [0.2, 0.25) is 0 Å². The van der Waals surface area contributed by atoms with Gasteiger partial charge >= 0.3 is 0 Å². The van der Waals surface area contributed by atoms with Gasteiger partial charge < -0.3 is 9.64 Å². The van der Waals surface area contributed by atoms with Crippen molar-refractivity contribution in [3.05, 3.63) is 11.9 Å². The molecule has 1 aliphatic carbocycles. The standard InChI is InChI=1S/C15H24BrN3O/c1-3-20-15-12(2)14(17-11-18-15)19(10-9-16)13-7-5-4-6-8-13/h11,13H,3-10H2,1-2H3. The van der Waals surface area contributed by atoms with Crippen molar-refractivity contribution in [3.8, 4) is 5.88 Å². The molecular formula is C15H24BrN3O. The lowest BCUT2D eigenvalue weighted by atomic mass is 9.94. The molecule has 4 nitrogen and oxygen atoms in total. The monoisotopic (exact) mass is 341 g/mol. The molecule has 0 unspecified atom stereocenters. The molecule has 1 saturated carbocycles. The summed E-state index contributed by atoms with van der Waals surface area (Å²) in [6.07, 6.45) is 8.17. The van der Waals surface area contributed by atoms with E-state index in [9.17, 15) is 0 Å². The molecule has 0 radical (unpaired) electrons. The molecule has 0 amide bonds. The van der Waals surface area contributed by atoms with Crippen LogP contribution in [0.1, 0.15) is 44.6 Å². The summed E-state index contributed by atoms with van der Waals surface area (Å²) in [5.74, 6) is 1.75. The van der Waals surface area contributed by atoms with Crippen LogP contribution in [0.15, 0.2) is 6.33 Å². The summed E-state index contributed by atoms with van der Waals surface area (Å²) >= 11 is 3.57. The van der Waals surface area contributed by atoms with E-state index in [0.717, 1.165) is 23.3 Å². The van der Waals surface area contributed by atoms with Crippen LogP contribution >= 0.6 is 15.9 Å². The van der Waals surface area contributed by atoms with Gasteiger partial charge in [-0.2, -0.15) is 0 Å². The first-order chi connectivity index (χ1) is 9.77. The zero-order chi connectivity index (χ0) is 14.4. The minimum Gasteiger partial charge on any atom is -0.478 e. The van der Waals surface area contributed by atoms with Gasteiger partial charge in [-0.1, -0.05) is 35.2 Å². The van der Waals surface area contributed by atoms with Gasteiger partial charge in [-0.05, 0) is 26.7 Å². The van der Waals surface area contributed by atoms with Crippen molar-refractivity contribution in [2.45, 2.75) is 52.0 Å². The van der Waals surface area contributed by atoms with Gasteiger partial charge in [-0.25, -0.2) is 9.97 Å². The maximum atomic E-state index is 5.60. The van der Waals surface area contributed by atoms with Crippen molar-refractivity contribution in [3.63, 3.8) is 0 Å². The van der Waals surface area contributed by atoms with E-state index in [2.05, 4.69) is 37.7 Å². The summed E-state index contributed by atoms with van der Waals surface area (Å²) in [6, 6.07) is 0.601. The number of aromatic nitrogens is 2. The van der Waals surface area contributed by atoms with Crippen LogP contribution in [0.3, 0.4) is 0 Å². The Bertz CT molecular complexity index is 422. The molecule has 0 N–H and O–H groups in total. The van der Waals surface area contributed by atoms with E-state index in [1.165, 1.54) is 32.1 Å². The fourth-order valence-corrected chi connectivity index (χ4v) is 3.32. The second kappa shape index (κ2) is 7.81. The predicted octanol–water partition coefficient (Wildman–Crippen LogP) is 3.72. The van der Waals surface area contributed by atoms with Crippen LogP contribution in [0, 0.1) is 6.92 Å². The minimum atomic E-state index is 0.601. The number of hydrogen-bond donors (Lipinski definition) is 0. The average Bonchev–Trinajstić information content (AvgIpc) is 2.49. The van der Waals surface area contributed by atoms with Gasteiger partial charge in [0.2, 0.25) is 5.88 Å². The number of alkyl halides is 1. The lowest BCUT2D eigenvalue weighted by Gasteiger charge is -2.35. The van der Waals surface area contributed by atoms with Gasteiger partial charge in [-0.15, -0.1) is 0 Å². The van der Waals surface area contributed by atoms with Gasteiger partial charge in [0, 0.05) is 17.9 Å². The second-order valence-electron chi connectivity index (χ2n) is 5.23. The van der Waals surface area contributed by atoms with Gasteiger partial charge in [0.1, 0.15) is 12.1 Å². The van der Waals surface area contributed by atoms with Crippen molar-refractivity contribution in [2.24, 2.45) is 0 Å².